The Bertz CT molecular complexity index is 1080. The second kappa shape index (κ2) is 6.64. The van der Waals surface area contributed by atoms with Crippen LogP contribution in [0.4, 0.5) is 0 Å². The zero-order valence-electron chi connectivity index (χ0n) is 15.9. The summed E-state index contributed by atoms with van der Waals surface area (Å²) in [6, 6.07) is 14.1. The molecule has 0 saturated heterocycles. The SMILES string of the molecule is CC1=C(c2ccc(C)c(C)c2)S(=O)(=O)NC1=N[C@H]1CCCc2ccccc21. The summed E-state index contributed by atoms with van der Waals surface area (Å²) in [7, 11) is -3.60. The largest absolute Gasteiger partial charge is 0.264 e. The highest BCUT2D eigenvalue weighted by Gasteiger charge is 2.33. The summed E-state index contributed by atoms with van der Waals surface area (Å²) in [5.74, 6) is 0.477. The number of nitrogens with one attached hydrogen (secondary N) is 1. The van der Waals surface area contributed by atoms with Gasteiger partial charge in [0.2, 0.25) is 0 Å². The lowest BCUT2D eigenvalue weighted by atomic mass is 9.88. The van der Waals surface area contributed by atoms with Crippen molar-refractivity contribution in [2.24, 2.45) is 4.99 Å². The van der Waals surface area contributed by atoms with E-state index in [1.165, 1.54) is 11.1 Å². The molecule has 140 valence electrons. The third kappa shape index (κ3) is 3.21. The molecule has 1 heterocycles. The highest BCUT2D eigenvalue weighted by Crippen LogP contribution is 2.35. The van der Waals surface area contributed by atoms with Crippen molar-refractivity contribution >= 4 is 20.8 Å². The summed E-state index contributed by atoms with van der Waals surface area (Å²) in [4.78, 5) is 5.18. The molecule has 0 radical (unpaired) electrons. The molecule has 27 heavy (non-hydrogen) atoms. The zero-order valence-corrected chi connectivity index (χ0v) is 16.7. The molecule has 2 aliphatic rings. The first-order valence-corrected chi connectivity index (χ1v) is 10.8. The molecule has 0 spiro atoms. The molecule has 1 aliphatic heterocycles. The molecule has 1 atom stereocenters. The fourth-order valence-corrected chi connectivity index (χ4v) is 5.46. The summed E-state index contributed by atoms with van der Waals surface area (Å²) < 4.78 is 28.3. The molecule has 5 heteroatoms. The van der Waals surface area contributed by atoms with Crippen molar-refractivity contribution in [1.82, 2.24) is 4.72 Å². The summed E-state index contributed by atoms with van der Waals surface area (Å²) >= 11 is 0. The number of rotatable bonds is 2. The Morgan fingerprint density at radius 1 is 1.04 bits per heavy atom. The predicted molar refractivity (Wildman–Crippen MR) is 110 cm³/mol. The van der Waals surface area contributed by atoms with E-state index in [0.717, 1.165) is 36.0 Å². The minimum absolute atomic E-state index is 0.00158. The summed E-state index contributed by atoms with van der Waals surface area (Å²) in [6.07, 6.45) is 3.07. The van der Waals surface area contributed by atoms with E-state index in [2.05, 4.69) is 22.9 Å². The molecule has 0 aromatic heterocycles. The van der Waals surface area contributed by atoms with Crippen LogP contribution in [0.15, 0.2) is 53.0 Å². The zero-order chi connectivity index (χ0) is 19.2. The van der Waals surface area contributed by atoms with Gasteiger partial charge in [-0.25, -0.2) is 8.42 Å². The Kier molecular flexibility index (Phi) is 4.42. The molecule has 2 aromatic carbocycles. The molecule has 1 aliphatic carbocycles. The standard InChI is InChI=1S/C22H24N2O2S/c1-14-11-12-18(13-15(14)2)21-16(3)22(24-27(21,25)26)23-20-10-6-8-17-7-4-5-9-19(17)20/h4-5,7,9,11-13,20H,6,8,10H2,1-3H3,(H,23,24)/t20-/m0/s1. The summed E-state index contributed by atoms with van der Waals surface area (Å²) in [6.45, 7) is 5.86. The van der Waals surface area contributed by atoms with Crippen LogP contribution >= 0.6 is 0 Å². The van der Waals surface area contributed by atoms with E-state index in [0.29, 0.717) is 16.3 Å². The van der Waals surface area contributed by atoms with Crippen LogP contribution in [0, 0.1) is 13.8 Å². The molecule has 0 amide bonds. The van der Waals surface area contributed by atoms with Gasteiger partial charge in [-0.05, 0) is 67.9 Å². The third-order valence-corrected chi connectivity index (χ3v) is 7.13. The van der Waals surface area contributed by atoms with Crippen LogP contribution in [0.5, 0.6) is 0 Å². The Morgan fingerprint density at radius 2 is 1.81 bits per heavy atom. The van der Waals surface area contributed by atoms with Crippen molar-refractivity contribution < 1.29 is 8.42 Å². The molecule has 1 N–H and O–H groups in total. The number of aliphatic imine (C=N–C) groups is 1. The Hall–Kier alpha value is -2.40. The van der Waals surface area contributed by atoms with Crippen molar-refractivity contribution in [2.75, 3.05) is 0 Å². The maximum Gasteiger partial charge on any atom is 0.264 e. The van der Waals surface area contributed by atoms with E-state index in [-0.39, 0.29) is 6.04 Å². The first kappa shape index (κ1) is 18.0. The number of sulfonamides is 1. The maximum atomic E-state index is 12.8. The van der Waals surface area contributed by atoms with Gasteiger partial charge in [-0.3, -0.25) is 9.71 Å². The van der Waals surface area contributed by atoms with Crippen molar-refractivity contribution in [1.29, 1.82) is 0 Å². The van der Waals surface area contributed by atoms with Crippen LogP contribution in [0.2, 0.25) is 0 Å². The van der Waals surface area contributed by atoms with Crippen LogP contribution in [-0.2, 0) is 16.4 Å². The lowest BCUT2D eigenvalue weighted by molar-refractivity contribution is 0.571. The third-order valence-electron chi connectivity index (χ3n) is 5.59. The Balaban J connectivity index is 1.79. The highest BCUT2D eigenvalue weighted by molar-refractivity contribution is 8.00. The minimum atomic E-state index is -3.60. The monoisotopic (exact) mass is 380 g/mol. The van der Waals surface area contributed by atoms with Gasteiger partial charge < -0.3 is 0 Å². The second-order valence-corrected chi connectivity index (χ2v) is 9.06. The number of hydrogen-bond donors (Lipinski definition) is 1. The predicted octanol–water partition coefficient (Wildman–Crippen LogP) is 4.44. The smallest absolute Gasteiger partial charge is 0.263 e. The van der Waals surface area contributed by atoms with Crippen LogP contribution < -0.4 is 4.72 Å². The van der Waals surface area contributed by atoms with E-state index in [1.54, 1.807) is 0 Å². The molecule has 4 nitrogen and oxygen atoms in total. The van der Waals surface area contributed by atoms with E-state index in [9.17, 15) is 8.42 Å². The van der Waals surface area contributed by atoms with Gasteiger partial charge in [-0.2, -0.15) is 0 Å². The van der Waals surface area contributed by atoms with Crippen LogP contribution in [0.3, 0.4) is 0 Å². The van der Waals surface area contributed by atoms with Gasteiger partial charge in [-0.15, -0.1) is 0 Å². The average molecular weight is 381 g/mol. The van der Waals surface area contributed by atoms with Gasteiger partial charge >= 0.3 is 0 Å². The van der Waals surface area contributed by atoms with Gasteiger partial charge in [0.1, 0.15) is 10.7 Å². The number of benzene rings is 2. The number of hydrogen-bond acceptors (Lipinski definition) is 3. The quantitative estimate of drug-likeness (QED) is 0.837. The van der Waals surface area contributed by atoms with Crippen molar-refractivity contribution in [3.63, 3.8) is 0 Å². The molecule has 2 aromatic rings. The van der Waals surface area contributed by atoms with E-state index in [1.807, 2.05) is 45.0 Å². The fourth-order valence-electron chi connectivity index (χ4n) is 3.96. The molecule has 0 bridgehead atoms. The lowest BCUT2D eigenvalue weighted by Gasteiger charge is -2.22. The maximum absolute atomic E-state index is 12.8. The van der Waals surface area contributed by atoms with Gasteiger partial charge in [0, 0.05) is 5.57 Å². The van der Waals surface area contributed by atoms with Crippen LogP contribution in [-0.4, -0.2) is 14.3 Å². The molecule has 0 fully saturated rings. The van der Waals surface area contributed by atoms with E-state index < -0.39 is 10.0 Å². The highest BCUT2D eigenvalue weighted by atomic mass is 32.2. The number of nitrogens with zero attached hydrogens (tertiary/aromatic N) is 1. The molecule has 0 saturated carbocycles. The van der Waals surface area contributed by atoms with Crippen molar-refractivity contribution in [3.8, 4) is 0 Å². The average Bonchev–Trinajstić information content (AvgIpc) is 2.86. The first-order valence-electron chi connectivity index (χ1n) is 9.34. The first-order chi connectivity index (χ1) is 12.9. The second-order valence-electron chi connectivity index (χ2n) is 7.44. The molecular formula is C22H24N2O2S. The number of amidine groups is 1. The van der Waals surface area contributed by atoms with Crippen molar-refractivity contribution in [3.05, 3.63) is 75.9 Å². The lowest BCUT2D eigenvalue weighted by Crippen LogP contribution is -2.24. The van der Waals surface area contributed by atoms with Gasteiger partial charge in [0.15, 0.2) is 0 Å². The number of fused-ring (bicyclic) bond motifs is 1. The van der Waals surface area contributed by atoms with Crippen LogP contribution in [0.25, 0.3) is 4.91 Å². The van der Waals surface area contributed by atoms with Crippen LogP contribution in [0.1, 0.15) is 53.6 Å². The minimum Gasteiger partial charge on any atom is -0.263 e. The van der Waals surface area contributed by atoms with Gasteiger partial charge in [-0.1, -0.05) is 42.5 Å². The van der Waals surface area contributed by atoms with Crippen molar-refractivity contribution in [2.45, 2.75) is 46.1 Å². The molecular weight excluding hydrogens is 356 g/mol. The summed E-state index contributed by atoms with van der Waals surface area (Å²) in [5.41, 5.74) is 6.17. The molecule has 4 rings (SSSR count). The topological polar surface area (TPSA) is 58.5 Å². The normalized spacial score (nSPS) is 22.6. The van der Waals surface area contributed by atoms with Gasteiger partial charge in [0.05, 0.1) is 6.04 Å². The van der Waals surface area contributed by atoms with E-state index >= 15 is 0 Å². The van der Waals surface area contributed by atoms with Gasteiger partial charge in [0.25, 0.3) is 10.0 Å². The summed E-state index contributed by atoms with van der Waals surface area (Å²) in [5, 5.41) is 0. The Labute approximate surface area is 161 Å². The fraction of sp³-hybridized carbons (Fsp3) is 0.318. The number of aryl methyl sites for hydroxylation is 3. The Morgan fingerprint density at radius 3 is 2.59 bits per heavy atom. The molecule has 0 unspecified atom stereocenters. The van der Waals surface area contributed by atoms with E-state index in [4.69, 9.17) is 4.99 Å².